The number of halogens is 3. The summed E-state index contributed by atoms with van der Waals surface area (Å²) in [6.45, 7) is 1.86. The fraction of sp³-hybridized carbons (Fsp3) is 0.500. The number of likely N-dealkylation sites (tertiary alicyclic amines) is 1. The molecule has 0 atom stereocenters. The highest BCUT2D eigenvalue weighted by Gasteiger charge is 2.35. The monoisotopic (exact) mass is 500 g/mol. The third-order valence-electron chi connectivity index (χ3n) is 5.43. The molecule has 0 unspecified atom stereocenters. The Kier molecular flexibility index (Phi) is 7.92. The minimum atomic E-state index is -4.71. The maximum atomic E-state index is 13.1. The number of carbonyl (C=O) groups excluding carboxylic acids is 1. The third-order valence-corrected chi connectivity index (χ3v) is 5.97. The zero-order valence-electron chi connectivity index (χ0n) is 18.4. The van der Waals surface area contributed by atoms with Crippen LogP contribution in [0, 0.1) is 6.92 Å². The fourth-order valence-electron chi connectivity index (χ4n) is 3.69. The van der Waals surface area contributed by atoms with Gasteiger partial charge in [-0.25, -0.2) is 29.8 Å². The summed E-state index contributed by atoms with van der Waals surface area (Å²) in [5.74, 6) is -2.30. The van der Waals surface area contributed by atoms with E-state index < -0.39 is 24.0 Å². The molecule has 0 aliphatic carbocycles. The molecule has 10 nitrogen and oxygen atoms in total. The highest BCUT2D eigenvalue weighted by Crippen LogP contribution is 2.32. The smallest absolute Gasteiger partial charge is 0.451 e. The summed E-state index contributed by atoms with van der Waals surface area (Å²) in [7, 11) is 0. The van der Waals surface area contributed by atoms with Gasteiger partial charge >= 0.3 is 12.3 Å². The van der Waals surface area contributed by atoms with Crippen molar-refractivity contribution in [2.75, 3.05) is 25.9 Å². The largest absolute Gasteiger partial charge is 0.465 e. The maximum Gasteiger partial charge on any atom is 0.451 e. The van der Waals surface area contributed by atoms with Crippen molar-refractivity contribution >= 4 is 23.8 Å². The molecule has 1 aliphatic rings. The lowest BCUT2D eigenvalue weighted by atomic mass is 9.90. The van der Waals surface area contributed by atoms with Crippen LogP contribution >= 0.6 is 11.8 Å². The van der Waals surface area contributed by atoms with E-state index in [4.69, 9.17) is 0 Å². The van der Waals surface area contributed by atoms with Crippen LogP contribution in [0.15, 0.2) is 17.4 Å². The van der Waals surface area contributed by atoms with Crippen LogP contribution in [0.25, 0.3) is 0 Å². The predicted octanol–water partition coefficient (Wildman–Crippen LogP) is 3.25. The van der Waals surface area contributed by atoms with Gasteiger partial charge < -0.3 is 10.0 Å². The van der Waals surface area contributed by atoms with Gasteiger partial charge in [0.25, 0.3) is 5.91 Å². The van der Waals surface area contributed by atoms with E-state index in [-0.39, 0.29) is 43.2 Å². The number of thioether (sulfide) groups is 1. The van der Waals surface area contributed by atoms with Gasteiger partial charge in [-0.2, -0.15) is 13.2 Å². The second-order valence-corrected chi connectivity index (χ2v) is 8.42. The van der Waals surface area contributed by atoms with Gasteiger partial charge in [-0.15, -0.1) is 0 Å². The summed E-state index contributed by atoms with van der Waals surface area (Å²) in [4.78, 5) is 41.0. The lowest BCUT2D eigenvalue weighted by molar-refractivity contribution is -0.145. The van der Waals surface area contributed by atoms with Gasteiger partial charge in [-0.1, -0.05) is 11.8 Å². The summed E-state index contributed by atoms with van der Waals surface area (Å²) in [5, 5.41) is 20.5. The topological polar surface area (TPSA) is 133 Å². The summed E-state index contributed by atoms with van der Waals surface area (Å²) in [5.41, 5.74) is 0.890. The molecule has 2 amide bonds. The molecule has 1 fully saturated rings. The molecule has 3 heterocycles. The summed E-state index contributed by atoms with van der Waals surface area (Å²) in [6.07, 6.45) is -2.21. The molecular weight excluding hydrogens is 477 g/mol. The molecule has 0 saturated carbocycles. The Balaban J connectivity index is 1.80. The first-order chi connectivity index (χ1) is 16.0. The van der Waals surface area contributed by atoms with Crippen molar-refractivity contribution < 1.29 is 33.1 Å². The van der Waals surface area contributed by atoms with Crippen LogP contribution < -0.4 is 0 Å². The van der Waals surface area contributed by atoms with Gasteiger partial charge in [0, 0.05) is 37.3 Å². The molecule has 184 valence electrons. The van der Waals surface area contributed by atoms with Gasteiger partial charge in [-0.3, -0.25) is 10.0 Å². The lowest BCUT2D eigenvalue weighted by Crippen LogP contribution is -2.38. The number of hydrogen-bond acceptors (Lipinski definition) is 8. The average molecular weight is 501 g/mol. The Morgan fingerprint density at radius 3 is 2.50 bits per heavy atom. The van der Waals surface area contributed by atoms with Crippen LogP contribution in [-0.4, -0.2) is 78.1 Å². The summed E-state index contributed by atoms with van der Waals surface area (Å²) < 4.78 is 38.5. The molecule has 14 heteroatoms. The van der Waals surface area contributed by atoms with Crippen LogP contribution in [0.3, 0.4) is 0 Å². The number of carboxylic acid groups (broad SMARTS) is 1. The molecule has 1 aliphatic heterocycles. The van der Waals surface area contributed by atoms with Gasteiger partial charge in [0.15, 0.2) is 5.16 Å². The number of aromatic nitrogens is 4. The molecule has 0 aromatic carbocycles. The molecule has 2 aromatic heterocycles. The van der Waals surface area contributed by atoms with Crippen molar-refractivity contribution in [3.8, 4) is 0 Å². The van der Waals surface area contributed by atoms with Gasteiger partial charge in [-0.05, 0) is 32.1 Å². The molecule has 0 bridgehead atoms. The summed E-state index contributed by atoms with van der Waals surface area (Å²) in [6, 6.07) is 1.27. The van der Waals surface area contributed by atoms with Crippen LogP contribution in [0.4, 0.5) is 18.0 Å². The summed E-state index contributed by atoms with van der Waals surface area (Å²) >= 11 is 1.29. The van der Waals surface area contributed by atoms with Crippen LogP contribution in [0.5, 0.6) is 0 Å². The lowest BCUT2D eigenvalue weighted by Gasteiger charge is -2.31. The number of carbonyl (C=O) groups is 2. The zero-order chi connectivity index (χ0) is 25.0. The van der Waals surface area contributed by atoms with E-state index in [1.54, 1.807) is 13.2 Å². The first kappa shape index (κ1) is 25.6. The molecule has 0 spiro atoms. The number of hydrogen-bond donors (Lipinski definition) is 2. The first-order valence-corrected chi connectivity index (χ1v) is 11.5. The van der Waals surface area contributed by atoms with Crippen molar-refractivity contribution in [3.05, 3.63) is 40.7 Å². The molecule has 0 radical (unpaired) electrons. The Morgan fingerprint density at radius 1 is 1.24 bits per heavy atom. The van der Waals surface area contributed by atoms with E-state index in [0.29, 0.717) is 34.4 Å². The van der Waals surface area contributed by atoms with Crippen molar-refractivity contribution in [3.63, 3.8) is 0 Å². The van der Waals surface area contributed by atoms with Crippen molar-refractivity contribution in [2.45, 2.75) is 43.4 Å². The Morgan fingerprint density at radius 2 is 1.91 bits per heavy atom. The Hall–Kier alpha value is -3.00. The molecule has 1 saturated heterocycles. The van der Waals surface area contributed by atoms with Crippen LogP contribution in [-0.2, 0) is 12.6 Å². The SMILES string of the molecule is CSc1nc(C)c(C(=O)N(O)CCc2ccnc(C(F)(F)F)n2)c(C2CCN(C(=O)O)CC2)n1. The van der Waals surface area contributed by atoms with Crippen molar-refractivity contribution in [1.29, 1.82) is 0 Å². The van der Waals surface area contributed by atoms with Gasteiger partial charge in [0.2, 0.25) is 5.82 Å². The van der Waals surface area contributed by atoms with Gasteiger partial charge in [0.05, 0.1) is 23.5 Å². The molecule has 2 aromatic rings. The standard InChI is InChI=1S/C20H23F3N6O4S/c1-11-14(15(27-18(25-11)34-2)12-4-8-28(9-5-12)19(31)32)16(30)29(33)10-6-13-3-7-24-17(26-13)20(21,22)23/h3,7,12,33H,4-6,8-10H2,1-2H3,(H,31,32). The first-order valence-electron chi connectivity index (χ1n) is 10.3. The highest BCUT2D eigenvalue weighted by molar-refractivity contribution is 7.98. The number of alkyl halides is 3. The van der Waals surface area contributed by atoms with Gasteiger partial charge in [0.1, 0.15) is 0 Å². The number of rotatable bonds is 6. The number of aryl methyl sites for hydroxylation is 1. The van der Waals surface area contributed by atoms with Crippen LogP contribution in [0.2, 0.25) is 0 Å². The molecule has 3 rings (SSSR count). The highest BCUT2D eigenvalue weighted by atomic mass is 32.2. The third kappa shape index (κ3) is 5.91. The Bertz CT molecular complexity index is 1060. The van der Waals surface area contributed by atoms with E-state index in [1.807, 2.05) is 0 Å². The number of amides is 2. The van der Waals surface area contributed by atoms with Crippen molar-refractivity contribution in [1.82, 2.24) is 29.9 Å². The zero-order valence-corrected chi connectivity index (χ0v) is 19.2. The Labute approximate surface area is 197 Å². The maximum absolute atomic E-state index is 13.1. The second kappa shape index (κ2) is 10.5. The number of piperidine rings is 1. The van der Waals surface area contributed by atoms with Crippen LogP contribution in [0.1, 0.15) is 52.0 Å². The predicted molar refractivity (Wildman–Crippen MR) is 114 cm³/mol. The second-order valence-electron chi connectivity index (χ2n) is 7.65. The number of hydroxylamine groups is 2. The van der Waals surface area contributed by atoms with E-state index in [9.17, 15) is 33.1 Å². The van der Waals surface area contributed by atoms with E-state index in [2.05, 4.69) is 19.9 Å². The quantitative estimate of drug-likeness (QED) is 0.265. The van der Waals surface area contributed by atoms with Crippen molar-refractivity contribution in [2.24, 2.45) is 0 Å². The normalized spacial score (nSPS) is 14.8. The molecule has 34 heavy (non-hydrogen) atoms. The van der Waals surface area contributed by atoms with E-state index in [1.165, 1.54) is 22.7 Å². The fourth-order valence-corrected chi connectivity index (χ4v) is 4.10. The molecular formula is C20H23F3N6O4S. The minimum Gasteiger partial charge on any atom is -0.465 e. The molecule has 2 N–H and O–H groups in total. The number of nitrogens with zero attached hydrogens (tertiary/aromatic N) is 6. The minimum absolute atomic E-state index is 0.0149. The average Bonchev–Trinajstić information content (AvgIpc) is 2.81. The van der Waals surface area contributed by atoms with E-state index in [0.717, 1.165) is 6.20 Å². The van der Waals surface area contributed by atoms with E-state index >= 15 is 0 Å².